The Bertz CT molecular complexity index is 1120. The summed E-state index contributed by atoms with van der Waals surface area (Å²) >= 11 is 5.93. The van der Waals surface area contributed by atoms with Crippen molar-refractivity contribution in [3.63, 3.8) is 0 Å². The Morgan fingerprint density at radius 1 is 0.969 bits per heavy atom. The van der Waals surface area contributed by atoms with Gasteiger partial charge in [-0.2, -0.15) is 0 Å². The van der Waals surface area contributed by atoms with E-state index in [-0.39, 0.29) is 11.6 Å². The van der Waals surface area contributed by atoms with Gasteiger partial charge in [-0.15, -0.1) is 0 Å². The van der Waals surface area contributed by atoms with Gasteiger partial charge < -0.3 is 14.5 Å². The number of nitro groups is 1. The standard InChI is InChI=1S/C24H22ClN3O4/c25-19-10-11-22(23(16-19)28(30)31)26-12-14-27(15-13-26)24(29)21-9-5-4-6-18(21)17-32-20-7-2-1-3-8-20/h1-11,16H,12-15,17H2. The molecular formula is C24H22ClN3O4. The number of carbonyl (C=O) groups is 1. The number of carbonyl (C=O) groups excluding carboxylic acids is 1. The second-order valence-electron chi connectivity index (χ2n) is 7.43. The van der Waals surface area contributed by atoms with Crippen molar-refractivity contribution in [1.29, 1.82) is 0 Å². The lowest BCUT2D eigenvalue weighted by Crippen LogP contribution is -2.49. The first-order chi connectivity index (χ1) is 15.5. The molecule has 7 nitrogen and oxygen atoms in total. The van der Waals surface area contributed by atoms with E-state index in [9.17, 15) is 14.9 Å². The Hall–Kier alpha value is -3.58. The molecule has 1 saturated heterocycles. The molecule has 32 heavy (non-hydrogen) atoms. The minimum absolute atomic E-state index is 0.0271. The molecule has 1 aliphatic rings. The van der Waals surface area contributed by atoms with Crippen LogP contribution in [0, 0.1) is 10.1 Å². The molecule has 3 aromatic rings. The molecule has 1 heterocycles. The highest BCUT2D eigenvalue weighted by atomic mass is 35.5. The van der Waals surface area contributed by atoms with Gasteiger partial charge in [-0.25, -0.2) is 0 Å². The highest BCUT2D eigenvalue weighted by Crippen LogP contribution is 2.31. The summed E-state index contributed by atoms with van der Waals surface area (Å²) in [4.78, 5) is 27.9. The van der Waals surface area contributed by atoms with Crippen LogP contribution in [0.5, 0.6) is 5.75 Å². The maximum atomic E-state index is 13.2. The Morgan fingerprint density at radius 2 is 1.66 bits per heavy atom. The smallest absolute Gasteiger partial charge is 0.294 e. The van der Waals surface area contributed by atoms with Crippen LogP contribution in [0.3, 0.4) is 0 Å². The summed E-state index contributed by atoms with van der Waals surface area (Å²) in [6, 6.07) is 21.6. The van der Waals surface area contributed by atoms with Crippen molar-refractivity contribution in [2.24, 2.45) is 0 Å². The van der Waals surface area contributed by atoms with Gasteiger partial charge in [0, 0.05) is 48.4 Å². The second-order valence-corrected chi connectivity index (χ2v) is 7.86. The van der Waals surface area contributed by atoms with Crippen molar-refractivity contribution in [1.82, 2.24) is 4.90 Å². The molecule has 0 spiro atoms. The predicted octanol–water partition coefficient (Wildman–Crippen LogP) is 4.79. The molecule has 3 aromatic carbocycles. The normalized spacial score (nSPS) is 13.7. The fraction of sp³-hybridized carbons (Fsp3) is 0.208. The molecule has 0 saturated carbocycles. The van der Waals surface area contributed by atoms with E-state index in [1.807, 2.05) is 59.5 Å². The molecule has 0 aromatic heterocycles. The number of hydrogen-bond donors (Lipinski definition) is 0. The summed E-state index contributed by atoms with van der Waals surface area (Å²) in [5.41, 5.74) is 1.91. The first-order valence-corrected chi connectivity index (χ1v) is 10.6. The van der Waals surface area contributed by atoms with Crippen LogP contribution in [0.4, 0.5) is 11.4 Å². The van der Waals surface area contributed by atoms with Crippen molar-refractivity contribution in [3.8, 4) is 5.75 Å². The lowest BCUT2D eigenvalue weighted by Gasteiger charge is -2.36. The van der Waals surface area contributed by atoms with Crippen molar-refractivity contribution < 1.29 is 14.5 Å². The molecule has 0 atom stereocenters. The van der Waals surface area contributed by atoms with Gasteiger partial charge in [-0.05, 0) is 30.3 Å². The van der Waals surface area contributed by atoms with Gasteiger partial charge in [-0.1, -0.05) is 48.0 Å². The zero-order chi connectivity index (χ0) is 22.5. The topological polar surface area (TPSA) is 75.9 Å². The predicted molar refractivity (Wildman–Crippen MR) is 123 cm³/mol. The number of ether oxygens (including phenoxy) is 1. The maximum absolute atomic E-state index is 13.2. The largest absolute Gasteiger partial charge is 0.489 e. The average molecular weight is 452 g/mol. The number of benzene rings is 3. The van der Waals surface area contributed by atoms with E-state index in [1.54, 1.807) is 17.0 Å². The zero-order valence-electron chi connectivity index (χ0n) is 17.3. The fourth-order valence-corrected chi connectivity index (χ4v) is 3.93. The van der Waals surface area contributed by atoms with Crippen LogP contribution in [-0.2, 0) is 6.61 Å². The minimum atomic E-state index is -0.429. The molecule has 0 N–H and O–H groups in total. The molecule has 1 amide bonds. The van der Waals surface area contributed by atoms with Crippen LogP contribution in [0.25, 0.3) is 0 Å². The summed E-state index contributed by atoms with van der Waals surface area (Å²) in [7, 11) is 0. The summed E-state index contributed by atoms with van der Waals surface area (Å²) in [6.45, 7) is 2.22. The molecule has 8 heteroatoms. The zero-order valence-corrected chi connectivity index (χ0v) is 18.1. The van der Waals surface area contributed by atoms with Crippen molar-refractivity contribution in [3.05, 3.63) is 99.1 Å². The van der Waals surface area contributed by atoms with Crippen molar-refractivity contribution in [2.75, 3.05) is 31.1 Å². The summed E-state index contributed by atoms with van der Waals surface area (Å²) < 4.78 is 5.84. The summed E-state index contributed by atoms with van der Waals surface area (Å²) in [5, 5.41) is 11.7. The Morgan fingerprint density at radius 3 is 2.38 bits per heavy atom. The number of halogens is 1. The number of piperazine rings is 1. The number of hydrogen-bond acceptors (Lipinski definition) is 5. The maximum Gasteiger partial charge on any atom is 0.294 e. The van der Waals surface area contributed by atoms with Gasteiger partial charge >= 0.3 is 0 Å². The number of rotatable bonds is 6. The van der Waals surface area contributed by atoms with Gasteiger partial charge in [0.15, 0.2) is 0 Å². The first kappa shape index (κ1) is 21.6. The summed E-state index contributed by atoms with van der Waals surface area (Å²) in [6.07, 6.45) is 0. The van der Waals surface area contributed by atoms with Gasteiger partial charge in [0.05, 0.1) is 4.92 Å². The van der Waals surface area contributed by atoms with Crippen LogP contribution >= 0.6 is 11.6 Å². The highest BCUT2D eigenvalue weighted by Gasteiger charge is 2.27. The fourth-order valence-electron chi connectivity index (χ4n) is 3.76. The van der Waals surface area contributed by atoms with Crippen LogP contribution in [0.2, 0.25) is 5.02 Å². The number of anilines is 1. The van der Waals surface area contributed by atoms with E-state index in [4.69, 9.17) is 16.3 Å². The van der Waals surface area contributed by atoms with E-state index in [1.165, 1.54) is 6.07 Å². The monoisotopic (exact) mass is 451 g/mol. The Labute approximate surface area is 190 Å². The highest BCUT2D eigenvalue weighted by molar-refractivity contribution is 6.30. The van der Waals surface area contributed by atoms with E-state index in [0.717, 1.165) is 11.3 Å². The molecule has 0 bridgehead atoms. The van der Waals surface area contributed by atoms with E-state index in [2.05, 4.69) is 0 Å². The average Bonchev–Trinajstić information content (AvgIpc) is 2.83. The molecular weight excluding hydrogens is 430 g/mol. The van der Waals surface area contributed by atoms with E-state index < -0.39 is 4.92 Å². The number of amides is 1. The Balaban J connectivity index is 1.44. The molecule has 1 fully saturated rings. The van der Waals surface area contributed by atoms with Crippen molar-refractivity contribution >= 4 is 28.9 Å². The van der Waals surface area contributed by atoms with E-state index in [0.29, 0.717) is 49.1 Å². The van der Waals surface area contributed by atoms with Gasteiger partial charge in [0.25, 0.3) is 11.6 Å². The van der Waals surface area contributed by atoms with Crippen LogP contribution in [0.15, 0.2) is 72.8 Å². The SMILES string of the molecule is O=C(c1ccccc1COc1ccccc1)N1CCN(c2ccc(Cl)cc2[N+](=O)[O-])CC1. The number of para-hydroxylation sites is 1. The van der Waals surface area contributed by atoms with Gasteiger partial charge in [0.1, 0.15) is 18.0 Å². The summed E-state index contributed by atoms with van der Waals surface area (Å²) in [5.74, 6) is 0.676. The third-order valence-electron chi connectivity index (χ3n) is 5.43. The third kappa shape index (κ3) is 4.84. The molecule has 0 radical (unpaired) electrons. The second kappa shape index (κ2) is 9.70. The molecule has 1 aliphatic heterocycles. The quantitative estimate of drug-likeness (QED) is 0.398. The lowest BCUT2D eigenvalue weighted by molar-refractivity contribution is -0.384. The molecule has 4 rings (SSSR count). The number of nitro benzene ring substituents is 1. The third-order valence-corrected chi connectivity index (χ3v) is 5.66. The Kier molecular flexibility index (Phi) is 6.56. The van der Waals surface area contributed by atoms with Crippen LogP contribution in [-0.4, -0.2) is 41.9 Å². The molecule has 0 aliphatic carbocycles. The van der Waals surface area contributed by atoms with Gasteiger partial charge in [-0.3, -0.25) is 14.9 Å². The van der Waals surface area contributed by atoms with Crippen molar-refractivity contribution in [2.45, 2.75) is 6.61 Å². The number of nitrogens with zero attached hydrogens (tertiary/aromatic N) is 3. The lowest BCUT2D eigenvalue weighted by atomic mass is 10.1. The minimum Gasteiger partial charge on any atom is -0.489 e. The van der Waals surface area contributed by atoms with E-state index >= 15 is 0 Å². The molecule has 164 valence electrons. The van der Waals surface area contributed by atoms with Gasteiger partial charge in [0.2, 0.25) is 0 Å². The molecule has 0 unspecified atom stereocenters. The van der Waals surface area contributed by atoms with Crippen LogP contribution in [0.1, 0.15) is 15.9 Å². The first-order valence-electron chi connectivity index (χ1n) is 10.3. The van der Waals surface area contributed by atoms with Crippen LogP contribution < -0.4 is 9.64 Å².